The minimum absolute atomic E-state index is 0.0420. The lowest BCUT2D eigenvalue weighted by atomic mass is 10.1. The number of hydrogen-bond acceptors (Lipinski definition) is 3. The molecule has 0 aliphatic rings. The molecule has 2 aromatic rings. The summed E-state index contributed by atoms with van der Waals surface area (Å²) in [5.41, 5.74) is 1.86. The molecular weight excluding hydrogens is 305 g/mol. The first-order valence-corrected chi connectivity index (χ1v) is 8.39. The molecule has 0 amide bonds. The SMILES string of the molecule is CCOc1ccc(S(=O)(=O)NCc2ccccc2C)cc1F. The van der Waals surface area contributed by atoms with E-state index in [4.69, 9.17) is 4.74 Å². The van der Waals surface area contributed by atoms with Gasteiger partial charge in [0.25, 0.3) is 0 Å². The van der Waals surface area contributed by atoms with Crippen molar-refractivity contribution >= 4 is 10.0 Å². The van der Waals surface area contributed by atoms with Gasteiger partial charge < -0.3 is 4.74 Å². The zero-order chi connectivity index (χ0) is 16.2. The minimum Gasteiger partial charge on any atom is -0.491 e. The van der Waals surface area contributed by atoms with Gasteiger partial charge in [-0.1, -0.05) is 24.3 Å². The van der Waals surface area contributed by atoms with Crippen LogP contribution in [0.5, 0.6) is 5.75 Å². The second-order valence-corrected chi connectivity index (χ2v) is 6.54. The minimum atomic E-state index is -3.77. The van der Waals surface area contributed by atoms with Gasteiger partial charge in [0, 0.05) is 6.54 Å². The topological polar surface area (TPSA) is 55.4 Å². The average Bonchev–Trinajstić information content (AvgIpc) is 2.48. The van der Waals surface area contributed by atoms with E-state index in [1.165, 1.54) is 12.1 Å². The Morgan fingerprint density at radius 1 is 1.18 bits per heavy atom. The molecule has 2 aromatic carbocycles. The molecule has 1 N–H and O–H groups in total. The molecule has 0 saturated carbocycles. The highest BCUT2D eigenvalue weighted by Gasteiger charge is 2.16. The van der Waals surface area contributed by atoms with Crippen LogP contribution in [0.15, 0.2) is 47.4 Å². The lowest BCUT2D eigenvalue weighted by molar-refractivity contribution is 0.321. The summed E-state index contributed by atoms with van der Waals surface area (Å²) in [7, 11) is -3.77. The summed E-state index contributed by atoms with van der Waals surface area (Å²) in [6.07, 6.45) is 0. The maximum absolute atomic E-state index is 13.8. The largest absolute Gasteiger partial charge is 0.491 e. The first-order chi connectivity index (χ1) is 10.4. The summed E-state index contributed by atoms with van der Waals surface area (Å²) in [4.78, 5) is -0.123. The van der Waals surface area contributed by atoms with Crippen LogP contribution in [0.3, 0.4) is 0 Å². The molecule has 118 valence electrons. The van der Waals surface area contributed by atoms with Gasteiger partial charge in [-0.3, -0.25) is 0 Å². The molecule has 0 bridgehead atoms. The maximum atomic E-state index is 13.8. The molecule has 22 heavy (non-hydrogen) atoms. The normalized spacial score (nSPS) is 11.4. The Hall–Kier alpha value is -1.92. The Balaban J connectivity index is 2.17. The quantitative estimate of drug-likeness (QED) is 0.889. The zero-order valence-corrected chi connectivity index (χ0v) is 13.3. The number of sulfonamides is 1. The van der Waals surface area contributed by atoms with Crippen molar-refractivity contribution in [3.63, 3.8) is 0 Å². The van der Waals surface area contributed by atoms with Crippen LogP contribution in [0.25, 0.3) is 0 Å². The van der Waals surface area contributed by atoms with Crippen molar-refractivity contribution in [2.24, 2.45) is 0 Å². The predicted molar refractivity (Wildman–Crippen MR) is 82.8 cm³/mol. The molecule has 4 nitrogen and oxygen atoms in total. The standard InChI is InChI=1S/C16H18FNO3S/c1-3-21-16-9-8-14(10-15(16)17)22(19,20)18-11-13-7-5-4-6-12(13)2/h4-10,18H,3,11H2,1-2H3. The fourth-order valence-electron chi connectivity index (χ4n) is 1.99. The number of rotatable bonds is 6. The van der Waals surface area contributed by atoms with Crippen molar-refractivity contribution in [3.8, 4) is 5.75 Å². The van der Waals surface area contributed by atoms with Crippen LogP contribution in [-0.4, -0.2) is 15.0 Å². The highest BCUT2D eigenvalue weighted by molar-refractivity contribution is 7.89. The lowest BCUT2D eigenvalue weighted by Gasteiger charge is -2.10. The van der Waals surface area contributed by atoms with Gasteiger partial charge in [-0.05, 0) is 43.2 Å². The molecule has 0 heterocycles. The van der Waals surface area contributed by atoms with Crippen LogP contribution in [0.2, 0.25) is 0 Å². The second kappa shape index (κ2) is 6.89. The summed E-state index contributed by atoms with van der Waals surface area (Å²) < 4.78 is 45.8. The molecule has 0 aliphatic carbocycles. The van der Waals surface area contributed by atoms with Crippen molar-refractivity contribution < 1.29 is 17.5 Å². The number of nitrogens with one attached hydrogen (secondary N) is 1. The van der Waals surface area contributed by atoms with Crippen molar-refractivity contribution in [1.82, 2.24) is 4.72 Å². The fraction of sp³-hybridized carbons (Fsp3) is 0.250. The van der Waals surface area contributed by atoms with E-state index in [2.05, 4.69) is 4.72 Å². The van der Waals surface area contributed by atoms with E-state index in [9.17, 15) is 12.8 Å². The van der Waals surface area contributed by atoms with Crippen molar-refractivity contribution in [2.75, 3.05) is 6.61 Å². The van der Waals surface area contributed by atoms with Gasteiger partial charge in [0.2, 0.25) is 10.0 Å². The Morgan fingerprint density at radius 2 is 1.91 bits per heavy atom. The van der Waals surface area contributed by atoms with E-state index in [1.54, 1.807) is 6.92 Å². The van der Waals surface area contributed by atoms with Crippen LogP contribution in [0.1, 0.15) is 18.1 Å². The highest BCUT2D eigenvalue weighted by atomic mass is 32.2. The van der Waals surface area contributed by atoms with Crippen molar-refractivity contribution in [3.05, 3.63) is 59.4 Å². The molecule has 0 unspecified atom stereocenters. The molecule has 0 radical (unpaired) electrons. The van der Waals surface area contributed by atoms with Crippen molar-refractivity contribution in [1.29, 1.82) is 0 Å². The van der Waals surface area contributed by atoms with E-state index in [-0.39, 0.29) is 17.2 Å². The summed E-state index contributed by atoms with van der Waals surface area (Å²) in [6, 6.07) is 11.1. The predicted octanol–water partition coefficient (Wildman–Crippen LogP) is 3.01. The molecule has 0 aliphatic heterocycles. The Bertz CT molecular complexity index is 760. The number of aryl methyl sites for hydroxylation is 1. The summed E-state index contributed by atoms with van der Waals surface area (Å²) in [5.74, 6) is -0.652. The summed E-state index contributed by atoms with van der Waals surface area (Å²) in [5, 5.41) is 0. The van der Waals surface area contributed by atoms with Crippen molar-refractivity contribution in [2.45, 2.75) is 25.3 Å². The number of halogens is 1. The van der Waals surface area contributed by atoms with Gasteiger partial charge in [0.1, 0.15) is 0 Å². The van der Waals surface area contributed by atoms with Gasteiger partial charge in [0.05, 0.1) is 11.5 Å². The lowest BCUT2D eigenvalue weighted by Crippen LogP contribution is -2.23. The molecule has 0 atom stereocenters. The monoisotopic (exact) mass is 323 g/mol. The Kier molecular flexibility index (Phi) is 5.15. The van der Waals surface area contributed by atoms with Crippen LogP contribution >= 0.6 is 0 Å². The van der Waals surface area contributed by atoms with Crippen LogP contribution in [0, 0.1) is 12.7 Å². The average molecular weight is 323 g/mol. The summed E-state index contributed by atoms with van der Waals surface area (Å²) in [6.45, 7) is 4.10. The third kappa shape index (κ3) is 3.84. The zero-order valence-electron chi connectivity index (χ0n) is 12.5. The van der Waals surface area contributed by atoms with Gasteiger partial charge in [0.15, 0.2) is 11.6 Å². The highest BCUT2D eigenvalue weighted by Crippen LogP contribution is 2.21. The van der Waals surface area contributed by atoms with E-state index in [1.807, 2.05) is 31.2 Å². The van der Waals surface area contributed by atoms with Crippen LogP contribution < -0.4 is 9.46 Å². The molecule has 0 aromatic heterocycles. The molecular formula is C16H18FNO3S. The molecule has 0 saturated heterocycles. The maximum Gasteiger partial charge on any atom is 0.240 e. The van der Waals surface area contributed by atoms with E-state index < -0.39 is 15.8 Å². The number of ether oxygens (including phenoxy) is 1. The van der Waals surface area contributed by atoms with Gasteiger partial charge in [-0.25, -0.2) is 17.5 Å². The van der Waals surface area contributed by atoms with Gasteiger partial charge in [-0.2, -0.15) is 0 Å². The van der Waals surface area contributed by atoms with Crippen LogP contribution in [-0.2, 0) is 16.6 Å². The second-order valence-electron chi connectivity index (χ2n) is 4.78. The molecule has 0 spiro atoms. The Labute approximate surface area is 130 Å². The van der Waals surface area contributed by atoms with E-state index >= 15 is 0 Å². The third-order valence-electron chi connectivity index (χ3n) is 3.23. The number of hydrogen-bond donors (Lipinski definition) is 1. The molecule has 2 rings (SSSR count). The Morgan fingerprint density at radius 3 is 2.55 bits per heavy atom. The van der Waals surface area contributed by atoms with Gasteiger partial charge in [-0.15, -0.1) is 0 Å². The molecule has 6 heteroatoms. The first kappa shape index (κ1) is 16.5. The molecule has 0 fully saturated rings. The van der Waals surface area contributed by atoms with E-state index in [0.29, 0.717) is 6.61 Å². The van der Waals surface area contributed by atoms with E-state index in [0.717, 1.165) is 17.2 Å². The number of benzene rings is 2. The fourth-order valence-corrected chi connectivity index (χ4v) is 3.00. The van der Waals surface area contributed by atoms with Crippen LogP contribution in [0.4, 0.5) is 4.39 Å². The first-order valence-electron chi connectivity index (χ1n) is 6.90. The summed E-state index contributed by atoms with van der Waals surface area (Å²) >= 11 is 0. The smallest absolute Gasteiger partial charge is 0.240 e. The van der Waals surface area contributed by atoms with Gasteiger partial charge >= 0.3 is 0 Å². The third-order valence-corrected chi connectivity index (χ3v) is 4.63.